The number of carbonyl (C=O) groups is 4. The second kappa shape index (κ2) is 9.26. The van der Waals surface area contributed by atoms with Crippen molar-refractivity contribution in [1.29, 1.82) is 0 Å². The summed E-state index contributed by atoms with van der Waals surface area (Å²) in [7, 11) is 0. The average molecular weight is 468 g/mol. The minimum atomic E-state index is -2.37. The van der Waals surface area contributed by atoms with Gasteiger partial charge in [-0.15, -0.1) is 0 Å². The molecule has 0 saturated carbocycles. The lowest BCUT2D eigenvalue weighted by molar-refractivity contribution is -0.143. The predicted octanol–water partition coefficient (Wildman–Crippen LogP) is 1.39. The SMILES string of the molecule is [2H]C1OC([2H])C([2H])([2H])N(Cc2ccc(COc3cccc4c3CN(C3CCC(=O)NC3=O)C4=O)cc2)C1=O. The van der Waals surface area contributed by atoms with Gasteiger partial charge >= 0.3 is 0 Å². The molecule has 34 heavy (non-hydrogen) atoms. The van der Waals surface area contributed by atoms with Gasteiger partial charge in [-0.05, 0) is 29.7 Å². The summed E-state index contributed by atoms with van der Waals surface area (Å²) < 4.78 is 42.2. The largest absolute Gasteiger partial charge is 0.489 e. The molecule has 3 atom stereocenters. The van der Waals surface area contributed by atoms with Crippen LogP contribution >= 0.6 is 0 Å². The van der Waals surface area contributed by atoms with E-state index in [1.165, 1.54) is 4.90 Å². The fourth-order valence-corrected chi connectivity index (χ4v) is 4.21. The summed E-state index contributed by atoms with van der Waals surface area (Å²) in [5, 5.41) is 2.29. The highest BCUT2D eigenvalue weighted by molar-refractivity contribution is 6.05. The Bertz CT molecular complexity index is 1300. The topological polar surface area (TPSA) is 105 Å². The van der Waals surface area contributed by atoms with Crippen LogP contribution in [0.2, 0.25) is 0 Å². The van der Waals surface area contributed by atoms with Gasteiger partial charge in [0.05, 0.1) is 18.6 Å². The van der Waals surface area contributed by atoms with E-state index < -0.39 is 37.5 Å². The zero-order chi connectivity index (χ0) is 27.2. The molecule has 2 aromatic rings. The van der Waals surface area contributed by atoms with Crippen molar-refractivity contribution in [3.8, 4) is 5.75 Å². The van der Waals surface area contributed by atoms with Gasteiger partial charge in [-0.2, -0.15) is 0 Å². The molecule has 1 N–H and O–H groups in total. The van der Waals surface area contributed by atoms with Crippen molar-refractivity contribution in [3.63, 3.8) is 0 Å². The highest BCUT2D eigenvalue weighted by atomic mass is 16.5. The zero-order valence-electron chi connectivity index (χ0n) is 22.2. The average Bonchev–Trinajstić information content (AvgIpc) is 3.22. The molecule has 3 heterocycles. The first kappa shape index (κ1) is 17.7. The lowest BCUT2D eigenvalue weighted by Gasteiger charge is -2.29. The number of carbonyl (C=O) groups excluding carboxylic acids is 4. The second-order valence-electron chi connectivity index (χ2n) is 8.21. The molecule has 176 valence electrons. The molecule has 9 nitrogen and oxygen atoms in total. The molecule has 0 spiro atoms. The standard InChI is InChI=1S/C25H25N3O6/c29-22-9-8-20(24(31)26-22)28-13-19-18(25(28)32)2-1-3-21(19)34-14-17-6-4-16(5-7-17)12-27-10-11-33-15-23(27)30/h1-7,20H,8-15H2,(H,26,29,31)/i10D2,11D,15D. The molecule has 2 aromatic carbocycles. The summed E-state index contributed by atoms with van der Waals surface area (Å²) in [5.74, 6) is -1.45. The number of amides is 4. The molecule has 2 saturated heterocycles. The van der Waals surface area contributed by atoms with E-state index in [0.717, 1.165) is 10.5 Å². The summed E-state index contributed by atoms with van der Waals surface area (Å²) in [4.78, 5) is 51.4. The predicted molar refractivity (Wildman–Crippen MR) is 119 cm³/mol. The van der Waals surface area contributed by atoms with Gasteiger partial charge in [0.25, 0.3) is 5.91 Å². The Hall–Kier alpha value is -3.72. The molecule has 0 aromatic heterocycles. The number of rotatable bonds is 6. The Balaban J connectivity index is 1.25. The van der Waals surface area contributed by atoms with Gasteiger partial charge in [-0.3, -0.25) is 24.5 Å². The molecule has 2 fully saturated rings. The third kappa shape index (κ3) is 4.38. The van der Waals surface area contributed by atoms with Crippen molar-refractivity contribution in [3.05, 3.63) is 64.7 Å². The molecular formula is C25H25N3O6. The summed E-state index contributed by atoms with van der Waals surface area (Å²) >= 11 is 0. The molecule has 0 bridgehead atoms. The van der Waals surface area contributed by atoms with E-state index >= 15 is 0 Å². The van der Waals surface area contributed by atoms with Crippen LogP contribution in [0.3, 0.4) is 0 Å². The van der Waals surface area contributed by atoms with Crippen LogP contribution in [-0.4, -0.2) is 59.1 Å². The third-order valence-electron chi connectivity index (χ3n) is 6.01. The van der Waals surface area contributed by atoms with E-state index in [1.54, 1.807) is 42.5 Å². The van der Waals surface area contributed by atoms with Crippen LogP contribution in [0, 0.1) is 0 Å². The number of hydrogen-bond acceptors (Lipinski definition) is 6. The van der Waals surface area contributed by atoms with Crippen LogP contribution in [0.1, 0.15) is 45.4 Å². The number of nitrogens with one attached hydrogen (secondary N) is 1. The summed E-state index contributed by atoms with van der Waals surface area (Å²) in [5.41, 5.74) is 2.51. The minimum Gasteiger partial charge on any atom is -0.489 e. The second-order valence-corrected chi connectivity index (χ2v) is 8.21. The van der Waals surface area contributed by atoms with Crippen molar-refractivity contribution < 1.29 is 34.1 Å². The fraction of sp³-hybridized carbons (Fsp3) is 0.360. The summed E-state index contributed by atoms with van der Waals surface area (Å²) in [6.07, 6.45) is 0.447. The van der Waals surface area contributed by atoms with E-state index in [0.29, 0.717) is 22.4 Å². The maximum atomic E-state index is 13.0. The Kier molecular flexibility index (Phi) is 4.83. The summed E-state index contributed by atoms with van der Waals surface area (Å²) in [6.45, 7) is -5.45. The first-order valence-corrected chi connectivity index (χ1v) is 10.8. The van der Waals surface area contributed by atoms with Gasteiger partial charge in [0.2, 0.25) is 17.7 Å². The summed E-state index contributed by atoms with van der Waals surface area (Å²) in [6, 6.07) is 11.3. The van der Waals surface area contributed by atoms with Crippen molar-refractivity contribution >= 4 is 23.6 Å². The first-order valence-electron chi connectivity index (χ1n) is 13.0. The van der Waals surface area contributed by atoms with E-state index in [1.807, 2.05) is 0 Å². The number of imide groups is 1. The zero-order valence-corrected chi connectivity index (χ0v) is 18.2. The smallest absolute Gasteiger partial charge is 0.255 e. The molecular weight excluding hydrogens is 438 g/mol. The minimum absolute atomic E-state index is 0.119. The Labute approximate surface area is 202 Å². The van der Waals surface area contributed by atoms with Crippen molar-refractivity contribution in [2.75, 3.05) is 19.7 Å². The molecule has 5 rings (SSSR count). The van der Waals surface area contributed by atoms with E-state index in [9.17, 15) is 19.2 Å². The van der Waals surface area contributed by atoms with Crippen LogP contribution in [0.15, 0.2) is 42.5 Å². The number of hydrogen-bond donors (Lipinski definition) is 1. The molecule has 9 heteroatoms. The van der Waals surface area contributed by atoms with Crippen LogP contribution in [0.4, 0.5) is 0 Å². The van der Waals surface area contributed by atoms with Crippen LogP contribution in [-0.2, 0) is 38.8 Å². The number of ether oxygens (including phenoxy) is 2. The number of nitrogens with zero attached hydrogens (tertiary/aromatic N) is 2. The van der Waals surface area contributed by atoms with E-state index in [-0.39, 0.29) is 44.4 Å². The highest BCUT2D eigenvalue weighted by Crippen LogP contribution is 2.34. The van der Waals surface area contributed by atoms with Gasteiger partial charge < -0.3 is 19.3 Å². The number of benzene rings is 2. The van der Waals surface area contributed by atoms with Crippen LogP contribution in [0.25, 0.3) is 0 Å². The van der Waals surface area contributed by atoms with Gasteiger partial charge in [0.1, 0.15) is 25.0 Å². The van der Waals surface area contributed by atoms with Gasteiger partial charge in [0, 0.05) is 30.6 Å². The van der Waals surface area contributed by atoms with Gasteiger partial charge in [-0.25, -0.2) is 0 Å². The molecule has 4 amide bonds. The maximum Gasteiger partial charge on any atom is 0.255 e. The molecule has 3 aliphatic rings. The molecule has 3 unspecified atom stereocenters. The molecule has 0 radical (unpaired) electrons. The highest BCUT2D eigenvalue weighted by Gasteiger charge is 2.40. The monoisotopic (exact) mass is 467 g/mol. The Morgan fingerprint density at radius 2 is 1.88 bits per heavy atom. The number of fused-ring (bicyclic) bond motifs is 1. The third-order valence-corrected chi connectivity index (χ3v) is 6.01. The van der Waals surface area contributed by atoms with Gasteiger partial charge in [-0.1, -0.05) is 30.3 Å². The van der Waals surface area contributed by atoms with E-state index in [2.05, 4.69) is 5.32 Å². The van der Waals surface area contributed by atoms with Crippen molar-refractivity contribution in [1.82, 2.24) is 15.1 Å². The molecule has 0 aliphatic carbocycles. The van der Waals surface area contributed by atoms with Gasteiger partial charge in [0.15, 0.2) is 0 Å². The van der Waals surface area contributed by atoms with Crippen LogP contribution < -0.4 is 10.1 Å². The fourth-order valence-electron chi connectivity index (χ4n) is 4.21. The number of morpholine rings is 1. The molecule has 3 aliphatic heterocycles. The van der Waals surface area contributed by atoms with Crippen molar-refractivity contribution in [2.24, 2.45) is 0 Å². The lowest BCUT2D eigenvalue weighted by atomic mass is 10.0. The Morgan fingerprint density at radius 3 is 2.68 bits per heavy atom. The van der Waals surface area contributed by atoms with Crippen LogP contribution in [0.5, 0.6) is 5.75 Å². The Morgan fingerprint density at radius 1 is 1.09 bits per heavy atom. The van der Waals surface area contributed by atoms with Crippen molar-refractivity contribution in [2.45, 2.75) is 38.6 Å². The number of piperidine rings is 1. The quantitative estimate of drug-likeness (QED) is 0.644. The normalized spacial score (nSPS) is 27.9. The lowest BCUT2D eigenvalue weighted by Crippen LogP contribution is -2.52. The van der Waals surface area contributed by atoms with E-state index in [4.69, 9.17) is 15.0 Å². The maximum absolute atomic E-state index is 13.0. The first-order chi connectivity index (χ1) is 18.1.